The zero-order valence-electron chi connectivity index (χ0n) is 9.77. The summed E-state index contributed by atoms with van der Waals surface area (Å²) in [5, 5.41) is 12.0. The highest BCUT2D eigenvalue weighted by molar-refractivity contribution is 8.00. The van der Waals surface area contributed by atoms with Crippen molar-refractivity contribution in [1.29, 1.82) is 0 Å². The maximum absolute atomic E-state index is 11.7. The molecular weight excluding hydrogens is 228 g/mol. The number of hydrogen-bond donors (Lipinski definition) is 2. The zero-order chi connectivity index (χ0) is 12.3. The van der Waals surface area contributed by atoms with Crippen molar-refractivity contribution >= 4 is 23.8 Å². The number of carbonyl (C=O) groups is 2. The Labute approximate surface area is 99.6 Å². The second-order valence-corrected chi connectivity index (χ2v) is 6.05. The topological polar surface area (TPSA) is 69.6 Å². The van der Waals surface area contributed by atoms with E-state index >= 15 is 0 Å². The lowest BCUT2D eigenvalue weighted by Gasteiger charge is -2.34. The lowest BCUT2D eigenvalue weighted by atomic mass is 10.3. The van der Waals surface area contributed by atoms with Gasteiger partial charge in [0.25, 0.3) is 0 Å². The molecule has 16 heavy (non-hydrogen) atoms. The van der Waals surface area contributed by atoms with Crippen molar-refractivity contribution in [2.45, 2.75) is 37.3 Å². The first-order valence-electron chi connectivity index (χ1n) is 5.34. The van der Waals surface area contributed by atoms with Crippen LogP contribution in [-0.2, 0) is 4.79 Å². The number of thioether (sulfide) groups is 1. The predicted molar refractivity (Wildman–Crippen MR) is 63.7 cm³/mol. The molecule has 6 heteroatoms. The molecule has 1 heterocycles. The smallest absolute Gasteiger partial charge is 0.325 e. The number of carbonyl (C=O) groups excluding carboxylic acids is 1. The number of hydrogen-bond acceptors (Lipinski definition) is 3. The number of carboxylic acid groups (broad SMARTS) is 1. The summed E-state index contributed by atoms with van der Waals surface area (Å²) in [6.45, 7) is 6.95. The van der Waals surface area contributed by atoms with Gasteiger partial charge < -0.3 is 15.3 Å². The van der Waals surface area contributed by atoms with E-state index in [4.69, 9.17) is 5.11 Å². The Morgan fingerprint density at radius 2 is 1.88 bits per heavy atom. The predicted octanol–water partition coefficient (Wildman–Crippen LogP) is 0.995. The maximum Gasteiger partial charge on any atom is 0.325 e. The Morgan fingerprint density at radius 1 is 1.38 bits per heavy atom. The lowest BCUT2D eigenvalue weighted by Crippen LogP contribution is -2.51. The first kappa shape index (κ1) is 13.2. The number of urea groups is 1. The molecule has 1 fully saturated rings. The lowest BCUT2D eigenvalue weighted by molar-refractivity contribution is -0.138. The first-order chi connectivity index (χ1) is 7.40. The van der Waals surface area contributed by atoms with Gasteiger partial charge in [0.1, 0.15) is 6.04 Å². The average molecular weight is 246 g/mol. The minimum absolute atomic E-state index is 0.283. The molecular formula is C10H18N2O3S. The first-order valence-corrected chi connectivity index (χ1v) is 6.28. The van der Waals surface area contributed by atoms with Crippen molar-refractivity contribution in [1.82, 2.24) is 10.2 Å². The van der Waals surface area contributed by atoms with Gasteiger partial charge in [0, 0.05) is 23.6 Å². The van der Waals surface area contributed by atoms with E-state index in [9.17, 15) is 9.59 Å². The molecule has 0 spiro atoms. The molecule has 0 radical (unpaired) electrons. The highest BCUT2D eigenvalue weighted by Gasteiger charge is 2.27. The molecule has 0 aromatic heterocycles. The molecule has 2 N–H and O–H groups in total. The molecule has 0 aromatic carbocycles. The van der Waals surface area contributed by atoms with Crippen LogP contribution in [0, 0.1) is 0 Å². The van der Waals surface area contributed by atoms with Crippen molar-refractivity contribution < 1.29 is 14.7 Å². The van der Waals surface area contributed by atoms with E-state index in [0.29, 0.717) is 23.6 Å². The third kappa shape index (κ3) is 3.59. The molecule has 1 rings (SSSR count). The van der Waals surface area contributed by atoms with Gasteiger partial charge in [0.15, 0.2) is 0 Å². The van der Waals surface area contributed by atoms with Crippen molar-refractivity contribution in [3.8, 4) is 0 Å². The van der Waals surface area contributed by atoms with Gasteiger partial charge >= 0.3 is 12.0 Å². The van der Waals surface area contributed by atoms with E-state index in [-0.39, 0.29) is 6.03 Å². The Bertz CT molecular complexity index is 275. The summed E-state index contributed by atoms with van der Waals surface area (Å²) in [6, 6.07) is -1.12. The van der Waals surface area contributed by atoms with Crippen LogP contribution < -0.4 is 5.32 Å². The summed E-state index contributed by atoms with van der Waals surface area (Å²) in [4.78, 5) is 24.0. The third-order valence-electron chi connectivity index (χ3n) is 2.42. The molecule has 1 saturated heterocycles. The van der Waals surface area contributed by atoms with Crippen LogP contribution in [0.25, 0.3) is 0 Å². The molecule has 92 valence electrons. The number of carboxylic acids is 1. The Balaban J connectivity index is 2.50. The molecule has 0 bridgehead atoms. The largest absolute Gasteiger partial charge is 0.480 e. The van der Waals surface area contributed by atoms with Crippen LogP contribution in [-0.4, -0.2) is 51.6 Å². The molecule has 3 atom stereocenters. The normalized spacial score (nSPS) is 27.3. The van der Waals surface area contributed by atoms with Gasteiger partial charge in [0.05, 0.1) is 0 Å². The van der Waals surface area contributed by atoms with Crippen molar-refractivity contribution in [2.24, 2.45) is 0 Å². The summed E-state index contributed by atoms with van der Waals surface area (Å²) < 4.78 is 0. The van der Waals surface area contributed by atoms with E-state index in [1.165, 1.54) is 6.92 Å². The fourth-order valence-corrected chi connectivity index (χ4v) is 3.01. The average Bonchev–Trinajstić information content (AvgIpc) is 2.15. The van der Waals surface area contributed by atoms with Gasteiger partial charge in [-0.1, -0.05) is 13.8 Å². The van der Waals surface area contributed by atoms with Gasteiger partial charge in [-0.2, -0.15) is 11.8 Å². The van der Waals surface area contributed by atoms with E-state index in [1.54, 1.807) is 4.90 Å². The second-order valence-electron chi connectivity index (χ2n) is 4.17. The molecule has 1 aliphatic rings. The summed E-state index contributed by atoms with van der Waals surface area (Å²) in [5.41, 5.74) is 0. The number of amides is 2. The van der Waals surface area contributed by atoms with Crippen LogP contribution in [0.2, 0.25) is 0 Å². The monoisotopic (exact) mass is 246 g/mol. The Morgan fingerprint density at radius 3 is 2.31 bits per heavy atom. The summed E-state index contributed by atoms with van der Waals surface area (Å²) in [7, 11) is 0. The molecule has 5 nitrogen and oxygen atoms in total. The SMILES string of the molecule is CC1CN(C(=O)NC(C)C(=O)O)CC(C)S1. The van der Waals surface area contributed by atoms with Gasteiger partial charge in [0.2, 0.25) is 0 Å². The Hall–Kier alpha value is -0.910. The van der Waals surface area contributed by atoms with Crippen LogP contribution in [0.4, 0.5) is 4.79 Å². The number of nitrogens with one attached hydrogen (secondary N) is 1. The summed E-state index contributed by atoms with van der Waals surface area (Å²) >= 11 is 1.85. The maximum atomic E-state index is 11.7. The molecule has 2 amide bonds. The quantitative estimate of drug-likeness (QED) is 0.762. The molecule has 3 unspecified atom stereocenters. The minimum atomic E-state index is -1.01. The van der Waals surface area contributed by atoms with E-state index < -0.39 is 12.0 Å². The van der Waals surface area contributed by atoms with Crippen molar-refractivity contribution in [2.75, 3.05) is 13.1 Å². The van der Waals surface area contributed by atoms with E-state index in [0.717, 1.165) is 0 Å². The molecule has 0 aromatic rings. The van der Waals surface area contributed by atoms with Crippen LogP contribution in [0.1, 0.15) is 20.8 Å². The third-order valence-corrected chi connectivity index (χ3v) is 3.64. The molecule has 0 saturated carbocycles. The minimum Gasteiger partial charge on any atom is -0.480 e. The summed E-state index contributed by atoms with van der Waals surface area (Å²) in [5.74, 6) is -1.01. The number of nitrogens with zero attached hydrogens (tertiary/aromatic N) is 1. The van der Waals surface area contributed by atoms with Crippen molar-refractivity contribution in [3.05, 3.63) is 0 Å². The van der Waals surface area contributed by atoms with Crippen LogP contribution >= 0.6 is 11.8 Å². The fourth-order valence-electron chi connectivity index (χ4n) is 1.68. The summed E-state index contributed by atoms with van der Waals surface area (Å²) in [6.07, 6.45) is 0. The van der Waals surface area contributed by atoms with E-state index in [1.807, 2.05) is 11.8 Å². The number of rotatable bonds is 2. The second kappa shape index (κ2) is 5.43. The molecule has 1 aliphatic heterocycles. The fraction of sp³-hybridized carbons (Fsp3) is 0.800. The van der Waals surface area contributed by atoms with Gasteiger partial charge in [-0.3, -0.25) is 4.79 Å². The van der Waals surface area contributed by atoms with Crippen LogP contribution in [0.5, 0.6) is 0 Å². The standard InChI is InChI=1S/C10H18N2O3S/c1-6-4-12(5-7(2)16-6)10(15)11-8(3)9(13)14/h6-8H,4-5H2,1-3H3,(H,11,15)(H,13,14). The van der Waals surface area contributed by atoms with Crippen LogP contribution in [0.15, 0.2) is 0 Å². The van der Waals surface area contributed by atoms with Gasteiger partial charge in [-0.05, 0) is 6.92 Å². The van der Waals surface area contributed by atoms with Gasteiger partial charge in [-0.15, -0.1) is 0 Å². The van der Waals surface area contributed by atoms with Crippen molar-refractivity contribution in [3.63, 3.8) is 0 Å². The van der Waals surface area contributed by atoms with Crippen LogP contribution in [0.3, 0.4) is 0 Å². The van der Waals surface area contributed by atoms with E-state index in [2.05, 4.69) is 19.2 Å². The highest BCUT2D eigenvalue weighted by Crippen LogP contribution is 2.24. The van der Waals surface area contributed by atoms with Gasteiger partial charge in [-0.25, -0.2) is 4.79 Å². The molecule has 0 aliphatic carbocycles. The zero-order valence-corrected chi connectivity index (χ0v) is 10.6. The number of aliphatic carboxylic acids is 1. The Kier molecular flexibility index (Phi) is 4.46. The highest BCUT2D eigenvalue weighted by atomic mass is 32.2.